The summed E-state index contributed by atoms with van der Waals surface area (Å²) in [6.07, 6.45) is -8.61. The maximum Gasteiger partial charge on any atom is 0.510 e. The molecule has 0 aromatic heterocycles. The SMILES string of the molecule is CCC(C)C1=CC(c2ccccc2[N+](=O)[O-])([N+](=O)[O-])CC(c2ccccc2[N+](=O)[O-])([N+](=O)[O-])C1OC(=O)OC1C(C(C)CC)=CC(c2ccccc2[N+](=O)[O-])([N+](=O)[O-])CC1(c1ccccc1[N+](=O)[O-])[N+](=O)[O-]. The zero-order chi connectivity index (χ0) is 53.2. The van der Waals surface area contributed by atoms with Gasteiger partial charge in [-0.05, 0) is 60.1 Å². The number of benzene rings is 4. The van der Waals surface area contributed by atoms with E-state index in [2.05, 4.69) is 0 Å². The van der Waals surface area contributed by atoms with Crippen molar-refractivity contribution in [3.05, 3.63) is 224 Å². The Morgan fingerprint density at radius 1 is 0.472 bits per heavy atom. The highest BCUT2D eigenvalue weighted by atomic mass is 16.7. The van der Waals surface area contributed by atoms with Crippen LogP contribution in [0.3, 0.4) is 0 Å². The van der Waals surface area contributed by atoms with Crippen LogP contribution in [0.2, 0.25) is 0 Å². The first-order valence-electron chi connectivity index (χ1n) is 21.8. The van der Waals surface area contributed by atoms with Crippen molar-refractivity contribution in [2.75, 3.05) is 0 Å². The van der Waals surface area contributed by atoms with Crippen LogP contribution in [0, 0.1) is 92.8 Å². The van der Waals surface area contributed by atoms with Gasteiger partial charge in [0.05, 0.1) is 19.7 Å². The highest BCUT2D eigenvalue weighted by molar-refractivity contribution is 5.64. The zero-order valence-corrected chi connectivity index (χ0v) is 38.4. The molecule has 27 nitrogen and oxygen atoms in total. The highest BCUT2D eigenvalue weighted by Crippen LogP contribution is 2.57. The predicted molar refractivity (Wildman–Crippen MR) is 247 cm³/mol. The van der Waals surface area contributed by atoms with Crippen molar-refractivity contribution in [1.29, 1.82) is 0 Å². The van der Waals surface area contributed by atoms with Gasteiger partial charge in [0, 0.05) is 56.1 Å². The number of carbonyl (C=O) groups excluding carboxylic acids is 1. The summed E-state index contributed by atoms with van der Waals surface area (Å²) >= 11 is 0. The maximum atomic E-state index is 15.0. The molecule has 0 heterocycles. The summed E-state index contributed by atoms with van der Waals surface area (Å²) in [5.41, 5.74) is -20.7. The second-order valence-corrected chi connectivity index (χ2v) is 17.3. The summed E-state index contributed by atoms with van der Waals surface area (Å²) in [5, 5.41) is 106. The third-order valence-corrected chi connectivity index (χ3v) is 13.7. The molecule has 2 aliphatic rings. The molecule has 8 atom stereocenters. The molecule has 4 aromatic rings. The Morgan fingerprint density at radius 3 is 0.986 bits per heavy atom. The van der Waals surface area contributed by atoms with Crippen molar-refractivity contribution in [2.24, 2.45) is 11.8 Å². The monoisotopic (exact) mass is 998 g/mol. The molecular weight excluding hydrogens is 957 g/mol. The summed E-state index contributed by atoms with van der Waals surface area (Å²) in [5.74, 6) is -2.24. The Balaban J connectivity index is 1.72. The molecule has 0 N–H and O–H groups in total. The first-order valence-corrected chi connectivity index (χ1v) is 21.8. The van der Waals surface area contributed by atoms with Crippen LogP contribution in [0.5, 0.6) is 0 Å². The van der Waals surface area contributed by atoms with Crippen molar-refractivity contribution in [2.45, 2.75) is 87.7 Å². The van der Waals surface area contributed by atoms with Gasteiger partial charge in [-0.3, -0.25) is 80.9 Å². The van der Waals surface area contributed by atoms with Crippen LogP contribution in [0.15, 0.2) is 120 Å². The number of nitro benzene ring substituents is 4. The quantitative estimate of drug-likeness (QED) is 0.0388. The van der Waals surface area contributed by atoms with Gasteiger partial charge in [-0.25, -0.2) is 4.79 Å². The van der Waals surface area contributed by atoms with E-state index in [4.69, 9.17) is 9.47 Å². The molecule has 0 amide bonds. The average Bonchev–Trinajstić information content (AvgIpc) is 3.35. The van der Waals surface area contributed by atoms with Gasteiger partial charge >= 0.3 is 17.2 Å². The van der Waals surface area contributed by atoms with E-state index in [1.807, 2.05) is 0 Å². The van der Waals surface area contributed by atoms with Crippen LogP contribution in [-0.4, -0.2) is 57.7 Å². The Labute approximate surface area is 404 Å². The lowest BCUT2D eigenvalue weighted by Gasteiger charge is -2.43. The molecule has 6 rings (SSSR count). The highest BCUT2D eigenvalue weighted by Gasteiger charge is 2.73. The number of para-hydroxylation sites is 4. The molecule has 8 unspecified atom stereocenters. The van der Waals surface area contributed by atoms with E-state index in [0.717, 1.165) is 84.9 Å². The van der Waals surface area contributed by atoms with Gasteiger partial charge in [-0.2, -0.15) is 0 Å². The fourth-order valence-corrected chi connectivity index (χ4v) is 9.95. The Hall–Kier alpha value is -9.17. The summed E-state index contributed by atoms with van der Waals surface area (Å²) < 4.78 is 11.8. The normalized spacial score (nSPS) is 24.5. The van der Waals surface area contributed by atoms with Gasteiger partial charge in [-0.15, -0.1) is 0 Å². The minimum absolute atomic E-state index is 0.0592. The van der Waals surface area contributed by atoms with Crippen LogP contribution >= 0.6 is 0 Å². The van der Waals surface area contributed by atoms with E-state index in [1.165, 1.54) is 52.0 Å². The number of ether oxygens (including phenoxy) is 2. The van der Waals surface area contributed by atoms with Gasteiger partial charge in [0.25, 0.3) is 33.8 Å². The molecule has 376 valence electrons. The lowest BCUT2D eigenvalue weighted by Crippen LogP contribution is -2.60. The third kappa shape index (κ3) is 8.42. The standard InChI is InChI=1S/C45H42N8O19/c1-5-27(3)29-23-42(50(63)64,31-15-7-11-19-35(31)46(55)56)25-44(52(67)68,33-17-9-13-21-37(33)48(59)60)39(29)71-41(54)72-40-30(28(4)6-2)24-43(51(65)66,32-16-8-12-20-36(32)47(57)58)26-45(40,53(69)70)34-18-10-14-22-38(34)49(61)62/h7-24,27-28,39-40H,5-6,25-26H2,1-4H3. The van der Waals surface area contributed by atoms with Crippen molar-refractivity contribution < 1.29 is 53.7 Å². The van der Waals surface area contributed by atoms with Crippen molar-refractivity contribution in [3.63, 3.8) is 0 Å². The molecule has 27 heteroatoms. The van der Waals surface area contributed by atoms with Crippen LogP contribution in [0.25, 0.3) is 0 Å². The fourth-order valence-electron chi connectivity index (χ4n) is 9.95. The minimum Gasteiger partial charge on any atom is -0.418 e. The predicted octanol–water partition coefficient (Wildman–Crippen LogP) is 8.95. The molecule has 72 heavy (non-hydrogen) atoms. The fraction of sp³-hybridized carbons (Fsp3) is 0.356. The summed E-state index contributed by atoms with van der Waals surface area (Å²) in [4.78, 5) is 112. The molecule has 0 radical (unpaired) electrons. The molecule has 2 aliphatic carbocycles. The minimum atomic E-state index is -3.36. The zero-order valence-electron chi connectivity index (χ0n) is 38.4. The van der Waals surface area contributed by atoms with E-state index >= 15 is 0 Å². The number of nitro groups is 8. The molecule has 0 saturated heterocycles. The van der Waals surface area contributed by atoms with Crippen molar-refractivity contribution in [3.8, 4) is 0 Å². The smallest absolute Gasteiger partial charge is 0.418 e. The Morgan fingerprint density at radius 2 is 0.736 bits per heavy atom. The number of carbonyl (C=O) groups is 1. The van der Waals surface area contributed by atoms with Crippen LogP contribution in [-0.2, 0) is 31.6 Å². The molecule has 0 bridgehead atoms. The van der Waals surface area contributed by atoms with Crippen LogP contribution < -0.4 is 0 Å². The number of nitrogens with zero attached hydrogens (tertiary/aromatic N) is 8. The van der Waals surface area contributed by atoms with Crippen LogP contribution in [0.1, 0.15) is 75.6 Å². The molecule has 0 aliphatic heterocycles. The first-order chi connectivity index (χ1) is 33.9. The lowest BCUT2D eigenvalue weighted by molar-refractivity contribution is -0.631. The number of rotatable bonds is 18. The molecule has 0 spiro atoms. The summed E-state index contributed by atoms with van der Waals surface area (Å²) in [7, 11) is 0. The molecular formula is C45H42N8O19. The second kappa shape index (κ2) is 19.7. The Kier molecular flexibility index (Phi) is 14.3. The van der Waals surface area contributed by atoms with E-state index in [-0.39, 0.29) is 12.8 Å². The summed E-state index contributed by atoms with van der Waals surface area (Å²) in [6.45, 7) is 5.78. The van der Waals surface area contributed by atoms with Crippen molar-refractivity contribution >= 4 is 28.9 Å². The molecule has 4 aromatic carbocycles. The van der Waals surface area contributed by atoms with Crippen LogP contribution in [0.4, 0.5) is 27.5 Å². The second-order valence-electron chi connectivity index (χ2n) is 17.3. The summed E-state index contributed by atoms with van der Waals surface area (Å²) in [6, 6.07) is 16.2. The lowest BCUT2D eigenvalue weighted by atomic mass is 9.63. The molecule has 0 saturated carbocycles. The van der Waals surface area contributed by atoms with E-state index < -0.39 is 161 Å². The number of hydrogen-bond acceptors (Lipinski definition) is 19. The topological polar surface area (TPSA) is 381 Å². The average molecular weight is 999 g/mol. The largest absolute Gasteiger partial charge is 0.510 e. The van der Waals surface area contributed by atoms with E-state index in [9.17, 15) is 85.7 Å². The van der Waals surface area contributed by atoms with E-state index in [0.29, 0.717) is 0 Å². The van der Waals surface area contributed by atoms with Gasteiger partial charge in [0.1, 0.15) is 35.1 Å². The maximum absolute atomic E-state index is 15.0. The van der Waals surface area contributed by atoms with Crippen molar-refractivity contribution in [1.82, 2.24) is 0 Å². The van der Waals surface area contributed by atoms with Gasteiger partial charge < -0.3 is 9.47 Å². The first kappa shape index (κ1) is 52.2. The van der Waals surface area contributed by atoms with Gasteiger partial charge in [-0.1, -0.05) is 76.2 Å². The number of hydrogen-bond donors (Lipinski definition) is 0. The Bertz CT molecular complexity index is 2820. The van der Waals surface area contributed by atoms with Gasteiger partial charge in [0.2, 0.25) is 12.2 Å². The van der Waals surface area contributed by atoms with E-state index in [1.54, 1.807) is 0 Å². The molecule has 0 fully saturated rings. The third-order valence-electron chi connectivity index (χ3n) is 13.7. The van der Waals surface area contributed by atoms with Gasteiger partial charge in [0.15, 0.2) is 0 Å².